The number of nitrogens with zero attached hydrogens (tertiary/aromatic N) is 3. The van der Waals surface area contributed by atoms with Gasteiger partial charge in [0, 0.05) is 36.3 Å². The van der Waals surface area contributed by atoms with Crippen molar-refractivity contribution >= 4 is 40.9 Å². The van der Waals surface area contributed by atoms with Crippen LogP contribution >= 0.6 is 11.8 Å². The highest BCUT2D eigenvalue weighted by molar-refractivity contribution is 8.02. The topological polar surface area (TPSA) is 90.4 Å². The molecule has 3 fully saturated rings. The molecule has 2 unspecified atom stereocenters. The lowest BCUT2D eigenvalue weighted by Gasteiger charge is -2.39. The Bertz CT molecular complexity index is 1090. The summed E-state index contributed by atoms with van der Waals surface area (Å²) in [6, 6.07) is 6.56. The summed E-state index contributed by atoms with van der Waals surface area (Å²) in [5.74, 6) is -2.13. The van der Waals surface area contributed by atoms with Crippen molar-refractivity contribution in [1.29, 1.82) is 0 Å². The van der Waals surface area contributed by atoms with Crippen LogP contribution in [0.25, 0.3) is 0 Å². The number of carbonyl (C=O) groups excluding carboxylic acids is 3. The number of aliphatic hydroxyl groups is 1. The number of hydrogen-bond donors (Lipinski definition) is 1. The molecule has 8 nitrogen and oxygen atoms in total. The lowest BCUT2D eigenvalue weighted by molar-refractivity contribution is -0.153. The Morgan fingerprint density at radius 2 is 1.85 bits per heavy atom. The van der Waals surface area contributed by atoms with Gasteiger partial charge >= 0.3 is 5.97 Å². The fraction of sp³-hybridized carbons (Fsp3) is 0.567. The monoisotopic (exact) mass is 555 g/mol. The maximum absolute atomic E-state index is 14.6. The van der Waals surface area contributed by atoms with Crippen molar-refractivity contribution in [3.05, 3.63) is 49.6 Å². The summed E-state index contributed by atoms with van der Waals surface area (Å²) in [6.45, 7) is 15.5. The summed E-state index contributed by atoms with van der Waals surface area (Å²) in [6.07, 6.45) is 5.08. The molecule has 1 aromatic rings. The fourth-order valence-electron chi connectivity index (χ4n) is 6.71. The van der Waals surface area contributed by atoms with Crippen molar-refractivity contribution < 1.29 is 24.2 Å². The van der Waals surface area contributed by atoms with Crippen molar-refractivity contribution in [2.45, 2.75) is 62.1 Å². The number of esters is 1. The summed E-state index contributed by atoms with van der Waals surface area (Å²) < 4.78 is 4.68. The number of likely N-dealkylation sites (tertiary alicyclic amines) is 1. The van der Waals surface area contributed by atoms with E-state index < -0.39 is 34.6 Å². The van der Waals surface area contributed by atoms with Gasteiger partial charge in [0.15, 0.2) is 0 Å². The predicted octanol–water partition coefficient (Wildman–Crippen LogP) is 3.64. The van der Waals surface area contributed by atoms with E-state index in [0.29, 0.717) is 12.8 Å². The summed E-state index contributed by atoms with van der Waals surface area (Å²) in [7, 11) is 0. The molecule has 0 saturated carbocycles. The molecule has 4 rings (SSSR count). The summed E-state index contributed by atoms with van der Waals surface area (Å²) in [4.78, 5) is 47.4. The summed E-state index contributed by atoms with van der Waals surface area (Å²) in [5.41, 5.74) is 1.79. The largest absolute Gasteiger partial charge is 0.461 e. The van der Waals surface area contributed by atoms with Gasteiger partial charge < -0.3 is 24.5 Å². The molecule has 0 aliphatic carbocycles. The quantitative estimate of drug-likeness (QED) is 0.294. The van der Waals surface area contributed by atoms with Gasteiger partial charge in [-0.3, -0.25) is 14.4 Å². The normalized spacial score (nSPS) is 27.7. The van der Waals surface area contributed by atoms with Crippen molar-refractivity contribution in [1.82, 2.24) is 4.90 Å². The van der Waals surface area contributed by atoms with E-state index >= 15 is 0 Å². The molecular formula is C30H41N3O5S. The van der Waals surface area contributed by atoms with Crippen molar-refractivity contribution in [2.75, 3.05) is 42.6 Å². The summed E-state index contributed by atoms with van der Waals surface area (Å²) in [5, 5.41) is 10.2. The SMILES string of the molecule is C=CCOC(=O)[C@@H]1[C@@H]2CCC3(S2)C(C(=O)N(CC=C)c2ccc(N(CC)CC)cc2)N([C@@H](CC)CO)C(=O)[C@H]13. The molecule has 1 N–H and O–H groups in total. The number of rotatable bonds is 13. The highest BCUT2D eigenvalue weighted by Crippen LogP contribution is 2.67. The molecule has 2 amide bonds. The van der Waals surface area contributed by atoms with Crippen LogP contribution in [0.15, 0.2) is 49.6 Å². The number of fused-ring (bicyclic) bond motifs is 1. The predicted molar refractivity (Wildman–Crippen MR) is 156 cm³/mol. The first kappa shape index (κ1) is 29.2. The van der Waals surface area contributed by atoms with Crippen LogP contribution in [0, 0.1) is 11.8 Å². The zero-order valence-electron chi connectivity index (χ0n) is 23.3. The van der Waals surface area contributed by atoms with E-state index in [0.717, 1.165) is 30.9 Å². The maximum atomic E-state index is 14.6. The van der Waals surface area contributed by atoms with Crippen LogP contribution in [0.4, 0.5) is 11.4 Å². The van der Waals surface area contributed by atoms with E-state index in [2.05, 4.69) is 31.9 Å². The third-order valence-electron chi connectivity index (χ3n) is 8.53. The first-order chi connectivity index (χ1) is 18.8. The number of ether oxygens (including phenoxy) is 1. The van der Waals surface area contributed by atoms with Gasteiger partial charge in [0.25, 0.3) is 5.91 Å². The Morgan fingerprint density at radius 1 is 1.18 bits per heavy atom. The molecule has 3 aliphatic rings. The smallest absolute Gasteiger partial charge is 0.311 e. The maximum Gasteiger partial charge on any atom is 0.311 e. The first-order valence-corrected chi connectivity index (χ1v) is 14.9. The Labute approximate surface area is 236 Å². The number of thioether (sulfide) groups is 1. The zero-order valence-corrected chi connectivity index (χ0v) is 24.1. The second kappa shape index (κ2) is 12.2. The Hall–Kier alpha value is -2.78. The molecule has 1 aromatic carbocycles. The minimum atomic E-state index is -0.804. The molecule has 3 aliphatic heterocycles. The van der Waals surface area contributed by atoms with Crippen LogP contribution < -0.4 is 9.80 Å². The molecule has 0 aromatic heterocycles. The Morgan fingerprint density at radius 3 is 2.41 bits per heavy atom. The second-order valence-electron chi connectivity index (χ2n) is 10.4. The average Bonchev–Trinajstić information content (AvgIpc) is 3.60. The highest BCUT2D eigenvalue weighted by atomic mass is 32.2. The zero-order chi connectivity index (χ0) is 28.3. The van der Waals surface area contributed by atoms with Crippen LogP contribution in [0.5, 0.6) is 0 Å². The number of carbonyl (C=O) groups is 3. The van der Waals surface area contributed by atoms with E-state index in [-0.39, 0.29) is 36.8 Å². The van der Waals surface area contributed by atoms with Crippen molar-refractivity contribution in [3.63, 3.8) is 0 Å². The number of amides is 2. The van der Waals surface area contributed by atoms with Crippen LogP contribution in [0.1, 0.15) is 40.0 Å². The van der Waals surface area contributed by atoms with E-state index in [1.807, 2.05) is 31.2 Å². The van der Waals surface area contributed by atoms with E-state index in [9.17, 15) is 19.5 Å². The number of benzene rings is 1. The Kier molecular flexibility index (Phi) is 9.11. The third kappa shape index (κ3) is 4.88. The van der Waals surface area contributed by atoms with Gasteiger partial charge in [-0.05, 0) is 57.4 Å². The number of anilines is 2. The number of aliphatic hydroxyl groups excluding tert-OH is 1. The molecule has 0 radical (unpaired) electrons. The third-order valence-corrected chi connectivity index (χ3v) is 10.5. The minimum absolute atomic E-state index is 0.0795. The molecule has 3 saturated heterocycles. The van der Waals surface area contributed by atoms with Crippen LogP contribution in [0.3, 0.4) is 0 Å². The van der Waals surface area contributed by atoms with Crippen LogP contribution in [-0.4, -0.2) is 82.7 Å². The van der Waals surface area contributed by atoms with Gasteiger partial charge in [-0.2, -0.15) is 0 Å². The van der Waals surface area contributed by atoms with Crippen molar-refractivity contribution in [3.8, 4) is 0 Å². The molecule has 2 bridgehead atoms. The highest BCUT2D eigenvalue weighted by Gasteiger charge is 2.74. The Balaban J connectivity index is 1.75. The molecule has 212 valence electrons. The van der Waals surface area contributed by atoms with Crippen LogP contribution in [0.2, 0.25) is 0 Å². The van der Waals surface area contributed by atoms with E-state index in [1.54, 1.807) is 27.6 Å². The number of hydrogen-bond acceptors (Lipinski definition) is 7. The second-order valence-corrected chi connectivity index (χ2v) is 12.0. The van der Waals surface area contributed by atoms with Gasteiger partial charge in [-0.15, -0.1) is 18.3 Å². The molecule has 3 heterocycles. The molecule has 39 heavy (non-hydrogen) atoms. The molecule has 1 spiro atoms. The van der Waals surface area contributed by atoms with Gasteiger partial charge in [0.2, 0.25) is 5.91 Å². The van der Waals surface area contributed by atoms with Crippen LogP contribution in [-0.2, 0) is 19.1 Å². The van der Waals surface area contributed by atoms with Gasteiger partial charge in [0.05, 0.1) is 29.2 Å². The van der Waals surface area contributed by atoms with Gasteiger partial charge in [-0.25, -0.2) is 0 Å². The average molecular weight is 556 g/mol. The van der Waals surface area contributed by atoms with E-state index in [4.69, 9.17) is 4.74 Å². The minimum Gasteiger partial charge on any atom is -0.461 e. The van der Waals surface area contributed by atoms with Crippen molar-refractivity contribution in [2.24, 2.45) is 11.8 Å². The fourth-order valence-corrected chi connectivity index (χ4v) is 8.90. The first-order valence-electron chi connectivity index (χ1n) is 14.0. The van der Waals surface area contributed by atoms with Gasteiger partial charge in [0.1, 0.15) is 12.6 Å². The van der Waals surface area contributed by atoms with E-state index in [1.165, 1.54) is 6.08 Å². The molecular weight excluding hydrogens is 514 g/mol. The lowest BCUT2D eigenvalue weighted by atomic mass is 9.71. The molecule has 9 heteroatoms. The lowest BCUT2D eigenvalue weighted by Crippen LogP contribution is -2.57. The molecule has 6 atom stereocenters. The van der Waals surface area contributed by atoms with Gasteiger partial charge in [-0.1, -0.05) is 25.7 Å². The summed E-state index contributed by atoms with van der Waals surface area (Å²) >= 11 is 1.59. The standard InChI is InChI=1S/C30H41N3O5S/c1-6-17-32(22-13-11-21(12-14-22)31(9-4)10-5)28(36)26-30-16-15-23(39-30)24(29(37)38-18-7-2)25(30)27(35)33(26)20(8-3)19-34/h6-7,11-14,20,23-26,34H,1-2,8-10,15-19H2,3-5H3/t20-,23-,24+,25-,26?,30?/m0/s1.